The van der Waals surface area contributed by atoms with Gasteiger partial charge in [0.1, 0.15) is 0 Å². The fourth-order valence-corrected chi connectivity index (χ4v) is 3.10. The van der Waals surface area contributed by atoms with Crippen LogP contribution in [0.3, 0.4) is 0 Å². The fourth-order valence-electron chi connectivity index (χ4n) is 3.10. The molecule has 5 heteroatoms. The Morgan fingerprint density at radius 1 is 1.22 bits per heavy atom. The Kier molecular flexibility index (Phi) is 9.14. The molecule has 0 amide bonds. The Labute approximate surface area is 138 Å². The Balaban J connectivity index is 2.54. The van der Waals surface area contributed by atoms with E-state index in [0.717, 1.165) is 19.3 Å². The second kappa shape index (κ2) is 10.6. The minimum absolute atomic E-state index is 0.0397. The molecule has 1 aliphatic carbocycles. The van der Waals surface area contributed by atoms with Gasteiger partial charge in [0.15, 0.2) is 0 Å². The third-order valence-corrected chi connectivity index (χ3v) is 4.44. The van der Waals surface area contributed by atoms with E-state index in [4.69, 9.17) is 5.11 Å². The Bertz CT molecular complexity index is 404. The largest absolute Gasteiger partial charge is 0.481 e. The number of allylic oxidation sites excluding steroid dienone is 1. The van der Waals surface area contributed by atoms with E-state index in [9.17, 15) is 20.1 Å². The van der Waals surface area contributed by atoms with E-state index in [1.54, 1.807) is 18.2 Å². The maximum atomic E-state index is 10.5. The smallest absolute Gasteiger partial charge is 0.307 e. The minimum atomic E-state index is -0.889. The van der Waals surface area contributed by atoms with Gasteiger partial charge in [0, 0.05) is 12.3 Å². The van der Waals surface area contributed by atoms with Crippen molar-refractivity contribution in [3.8, 4) is 0 Å². The summed E-state index contributed by atoms with van der Waals surface area (Å²) in [5.74, 6) is -1.24. The number of carbonyl (C=O) groups is 1. The molecule has 5 atom stereocenters. The minimum Gasteiger partial charge on any atom is -0.481 e. The van der Waals surface area contributed by atoms with Crippen LogP contribution >= 0.6 is 0 Å². The molecule has 1 aliphatic rings. The summed E-state index contributed by atoms with van der Waals surface area (Å²) in [6, 6.07) is 0. The van der Waals surface area contributed by atoms with Crippen molar-refractivity contribution >= 4 is 5.97 Å². The van der Waals surface area contributed by atoms with Crippen LogP contribution in [0.25, 0.3) is 0 Å². The van der Waals surface area contributed by atoms with Gasteiger partial charge in [-0.15, -0.1) is 0 Å². The predicted molar refractivity (Wildman–Crippen MR) is 88.9 cm³/mol. The van der Waals surface area contributed by atoms with Crippen LogP contribution in [-0.2, 0) is 4.79 Å². The quantitative estimate of drug-likeness (QED) is 0.365. The highest BCUT2D eigenvalue weighted by atomic mass is 16.4. The van der Waals surface area contributed by atoms with E-state index < -0.39 is 24.3 Å². The zero-order chi connectivity index (χ0) is 17.2. The van der Waals surface area contributed by atoms with Crippen molar-refractivity contribution in [2.24, 2.45) is 11.8 Å². The molecule has 0 bridgehead atoms. The van der Waals surface area contributed by atoms with Crippen molar-refractivity contribution in [2.45, 2.75) is 70.2 Å². The zero-order valence-electron chi connectivity index (χ0n) is 13.8. The van der Waals surface area contributed by atoms with Gasteiger partial charge in [0.2, 0.25) is 0 Å². The average molecular weight is 326 g/mol. The van der Waals surface area contributed by atoms with Crippen LogP contribution in [0.1, 0.15) is 51.9 Å². The first-order chi connectivity index (χ1) is 11.0. The van der Waals surface area contributed by atoms with E-state index in [0.29, 0.717) is 19.3 Å². The second-order valence-electron chi connectivity index (χ2n) is 6.36. The third-order valence-electron chi connectivity index (χ3n) is 4.44. The summed E-state index contributed by atoms with van der Waals surface area (Å²) in [7, 11) is 0. The molecule has 1 saturated carbocycles. The van der Waals surface area contributed by atoms with E-state index in [2.05, 4.69) is 6.92 Å². The maximum Gasteiger partial charge on any atom is 0.307 e. The summed E-state index contributed by atoms with van der Waals surface area (Å²) < 4.78 is 0. The average Bonchev–Trinajstić information content (AvgIpc) is 2.75. The van der Waals surface area contributed by atoms with Gasteiger partial charge in [-0.1, -0.05) is 50.5 Å². The predicted octanol–water partition coefficient (Wildman–Crippen LogP) is 2.26. The molecule has 132 valence electrons. The molecule has 0 aromatic carbocycles. The number of carboxylic acid groups (broad SMARTS) is 1. The highest BCUT2D eigenvalue weighted by molar-refractivity contribution is 5.68. The fraction of sp³-hybridized carbons (Fsp3) is 0.722. The first kappa shape index (κ1) is 19.9. The van der Waals surface area contributed by atoms with Crippen LogP contribution in [0.2, 0.25) is 0 Å². The van der Waals surface area contributed by atoms with Crippen molar-refractivity contribution in [1.29, 1.82) is 0 Å². The molecule has 0 radical (unpaired) electrons. The van der Waals surface area contributed by atoms with Gasteiger partial charge < -0.3 is 20.4 Å². The summed E-state index contributed by atoms with van der Waals surface area (Å²) in [6.07, 6.45) is 9.77. The van der Waals surface area contributed by atoms with Crippen LogP contribution in [0.4, 0.5) is 0 Å². The molecule has 0 saturated heterocycles. The van der Waals surface area contributed by atoms with Crippen molar-refractivity contribution in [2.75, 3.05) is 0 Å². The molecule has 23 heavy (non-hydrogen) atoms. The van der Waals surface area contributed by atoms with Gasteiger partial charge in [-0.05, 0) is 18.8 Å². The van der Waals surface area contributed by atoms with Gasteiger partial charge in [-0.25, -0.2) is 0 Å². The standard InChI is InChI=1S/C18H30O5/c1-2-3-4-7-13(19)10-11-15-14(16(20)12-17(15)21)8-5-6-9-18(22)23/h5-6,10-11,13-17,19-21H,2-4,7-9,12H2,1H3,(H,22,23)/b6-5-,11-10+/t13?,14-,15+,16?,17?/m0/s1. The lowest BCUT2D eigenvalue weighted by Gasteiger charge is -2.19. The van der Waals surface area contributed by atoms with Gasteiger partial charge in [-0.2, -0.15) is 0 Å². The molecule has 0 heterocycles. The van der Waals surface area contributed by atoms with Crippen LogP contribution < -0.4 is 0 Å². The number of aliphatic carboxylic acids is 1. The lowest BCUT2D eigenvalue weighted by atomic mass is 9.89. The zero-order valence-corrected chi connectivity index (χ0v) is 13.8. The van der Waals surface area contributed by atoms with Gasteiger partial charge in [0.05, 0.1) is 24.7 Å². The van der Waals surface area contributed by atoms with E-state index in [-0.39, 0.29) is 18.3 Å². The number of aliphatic hydroxyl groups is 3. The SMILES string of the molecule is CCCCCC(O)/C=C/[C@H]1C(O)CC(O)[C@H]1C/C=C\CC(=O)O. The number of aliphatic hydroxyl groups excluding tert-OH is 3. The Morgan fingerprint density at radius 2 is 1.96 bits per heavy atom. The van der Waals surface area contributed by atoms with Crippen LogP contribution in [0, 0.1) is 11.8 Å². The van der Waals surface area contributed by atoms with Gasteiger partial charge >= 0.3 is 5.97 Å². The molecule has 0 spiro atoms. The summed E-state index contributed by atoms with van der Waals surface area (Å²) in [5.41, 5.74) is 0. The topological polar surface area (TPSA) is 98.0 Å². The summed E-state index contributed by atoms with van der Waals surface area (Å²) in [6.45, 7) is 2.11. The first-order valence-corrected chi connectivity index (χ1v) is 8.55. The molecule has 1 rings (SSSR count). The number of hydrogen-bond acceptors (Lipinski definition) is 4. The number of hydrogen-bond donors (Lipinski definition) is 4. The lowest BCUT2D eigenvalue weighted by molar-refractivity contribution is -0.136. The number of rotatable bonds is 10. The van der Waals surface area contributed by atoms with Crippen LogP contribution in [0.15, 0.2) is 24.3 Å². The normalized spacial score (nSPS) is 29.6. The number of carboxylic acids is 1. The van der Waals surface area contributed by atoms with Crippen LogP contribution in [0.5, 0.6) is 0 Å². The molecular weight excluding hydrogens is 296 g/mol. The van der Waals surface area contributed by atoms with Crippen molar-refractivity contribution in [3.05, 3.63) is 24.3 Å². The lowest BCUT2D eigenvalue weighted by Crippen LogP contribution is -2.20. The van der Waals surface area contributed by atoms with E-state index >= 15 is 0 Å². The molecule has 0 aliphatic heterocycles. The molecule has 1 fully saturated rings. The third kappa shape index (κ3) is 7.29. The van der Waals surface area contributed by atoms with Crippen molar-refractivity contribution in [1.82, 2.24) is 0 Å². The van der Waals surface area contributed by atoms with Gasteiger partial charge in [-0.3, -0.25) is 4.79 Å². The molecule has 4 N–H and O–H groups in total. The van der Waals surface area contributed by atoms with Crippen molar-refractivity contribution < 1.29 is 25.2 Å². The van der Waals surface area contributed by atoms with E-state index in [1.807, 2.05) is 6.08 Å². The molecule has 0 aromatic heterocycles. The maximum absolute atomic E-state index is 10.5. The van der Waals surface area contributed by atoms with Gasteiger partial charge in [0.25, 0.3) is 0 Å². The second-order valence-corrected chi connectivity index (χ2v) is 6.36. The summed E-state index contributed by atoms with van der Waals surface area (Å²) >= 11 is 0. The summed E-state index contributed by atoms with van der Waals surface area (Å²) in [4.78, 5) is 10.5. The first-order valence-electron chi connectivity index (χ1n) is 8.55. The number of unbranched alkanes of at least 4 members (excludes halogenated alkanes) is 2. The highest BCUT2D eigenvalue weighted by Gasteiger charge is 2.39. The summed E-state index contributed by atoms with van der Waals surface area (Å²) in [5, 5.41) is 38.7. The van der Waals surface area contributed by atoms with E-state index in [1.165, 1.54) is 0 Å². The van der Waals surface area contributed by atoms with Crippen molar-refractivity contribution in [3.63, 3.8) is 0 Å². The molecule has 5 nitrogen and oxygen atoms in total. The highest BCUT2D eigenvalue weighted by Crippen LogP contribution is 2.36. The molecule has 0 aromatic rings. The Morgan fingerprint density at radius 3 is 2.61 bits per heavy atom. The monoisotopic (exact) mass is 326 g/mol. The molecular formula is C18H30O5. The van der Waals surface area contributed by atoms with Crippen LogP contribution in [-0.4, -0.2) is 44.7 Å². The molecule has 3 unspecified atom stereocenters. The Hall–Kier alpha value is -1.17.